The Kier molecular flexibility index (Phi) is 5.18. The number of nitrogens with one attached hydrogen (secondary N) is 1. The first kappa shape index (κ1) is 15.0. The van der Waals surface area contributed by atoms with Crippen LogP contribution in [0, 0.1) is 0 Å². The molecular weight excluding hydrogens is 248 g/mol. The van der Waals surface area contributed by atoms with E-state index in [0.717, 1.165) is 5.56 Å². The number of rotatable bonds is 4. The lowest BCUT2D eigenvalue weighted by Crippen LogP contribution is -2.48. The number of piperidine rings is 1. The number of amides is 1. The van der Waals surface area contributed by atoms with Gasteiger partial charge in [-0.25, -0.2) is 0 Å². The molecule has 0 spiro atoms. The third-order valence-electron chi connectivity index (χ3n) is 4.38. The van der Waals surface area contributed by atoms with Gasteiger partial charge >= 0.3 is 0 Å². The highest BCUT2D eigenvalue weighted by molar-refractivity contribution is 5.78. The van der Waals surface area contributed by atoms with E-state index < -0.39 is 0 Å². The number of benzene rings is 1. The third-order valence-corrected chi connectivity index (χ3v) is 4.38. The summed E-state index contributed by atoms with van der Waals surface area (Å²) in [5, 5.41) is 3.10. The van der Waals surface area contributed by atoms with E-state index in [2.05, 4.69) is 36.2 Å². The van der Waals surface area contributed by atoms with Gasteiger partial charge < -0.3 is 5.32 Å². The fraction of sp³-hybridized carbons (Fsp3) is 0.588. The zero-order chi connectivity index (χ0) is 14.5. The van der Waals surface area contributed by atoms with Crippen molar-refractivity contribution >= 4 is 5.91 Å². The number of likely N-dealkylation sites (tertiary alicyclic amines) is 1. The van der Waals surface area contributed by atoms with Gasteiger partial charge in [-0.1, -0.05) is 36.8 Å². The molecule has 0 aliphatic carbocycles. The maximum Gasteiger partial charge on any atom is 0.234 e. The summed E-state index contributed by atoms with van der Waals surface area (Å²) in [4.78, 5) is 14.6. The second kappa shape index (κ2) is 6.89. The smallest absolute Gasteiger partial charge is 0.234 e. The van der Waals surface area contributed by atoms with E-state index in [9.17, 15) is 4.79 Å². The SMILES string of the molecule is CC(NC(=O)CN1C(C)CCCC1C)c1ccccc1. The molecule has 3 nitrogen and oxygen atoms in total. The summed E-state index contributed by atoms with van der Waals surface area (Å²) in [6, 6.07) is 11.2. The van der Waals surface area contributed by atoms with E-state index in [1.54, 1.807) is 0 Å². The van der Waals surface area contributed by atoms with Gasteiger partial charge in [0.2, 0.25) is 5.91 Å². The van der Waals surface area contributed by atoms with E-state index in [4.69, 9.17) is 0 Å². The van der Waals surface area contributed by atoms with Gasteiger partial charge in [-0.05, 0) is 39.2 Å². The largest absolute Gasteiger partial charge is 0.348 e. The Balaban J connectivity index is 1.89. The summed E-state index contributed by atoms with van der Waals surface area (Å²) in [5.41, 5.74) is 1.15. The maximum atomic E-state index is 12.2. The van der Waals surface area contributed by atoms with E-state index in [-0.39, 0.29) is 11.9 Å². The van der Waals surface area contributed by atoms with E-state index >= 15 is 0 Å². The first-order chi connectivity index (χ1) is 9.58. The average Bonchev–Trinajstić information content (AvgIpc) is 2.44. The summed E-state index contributed by atoms with van der Waals surface area (Å²) < 4.78 is 0. The fourth-order valence-corrected chi connectivity index (χ4v) is 3.06. The summed E-state index contributed by atoms with van der Waals surface area (Å²) in [6.45, 7) is 7.00. The van der Waals surface area contributed by atoms with Gasteiger partial charge in [0.25, 0.3) is 0 Å². The van der Waals surface area contributed by atoms with Crippen LogP contribution in [0.15, 0.2) is 30.3 Å². The highest BCUT2D eigenvalue weighted by atomic mass is 16.2. The lowest BCUT2D eigenvalue weighted by atomic mass is 9.97. The lowest BCUT2D eigenvalue weighted by Gasteiger charge is -2.38. The quantitative estimate of drug-likeness (QED) is 0.915. The molecule has 3 heteroatoms. The van der Waals surface area contributed by atoms with Gasteiger partial charge in [0, 0.05) is 12.1 Å². The maximum absolute atomic E-state index is 12.2. The molecule has 1 aromatic carbocycles. The molecule has 1 N–H and O–H groups in total. The average molecular weight is 274 g/mol. The minimum atomic E-state index is 0.0686. The summed E-state index contributed by atoms with van der Waals surface area (Å²) in [5.74, 6) is 0.127. The molecule has 1 aliphatic rings. The first-order valence-corrected chi connectivity index (χ1v) is 7.68. The highest BCUT2D eigenvalue weighted by Crippen LogP contribution is 2.22. The van der Waals surface area contributed by atoms with Crippen LogP contribution in [0.1, 0.15) is 51.6 Å². The molecule has 3 unspecified atom stereocenters. The van der Waals surface area contributed by atoms with Crippen LogP contribution in [-0.2, 0) is 4.79 Å². The first-order valence-electron chi connectivity index (χ1n) is 7.68. The van der Waals surface area contributed by atoms with Crippen molar-refractivity contribution in [2.24, 2.45) is 0 Å². The molecule has 110 valence electrons. The molecule has 0 aromatic heterocycles. The minimum Gasteiger partial charge on any atom is -0.348 e. The molecule has 1 aromatic rings. The Hall–Kier alpha value is -1.35. The van der Waals surface area contributed by atoms with E-state index in [1.165, 1.54) is 19.3 Å². The molecule has 1 saturated heterocycles. The molecule has 1 amide bonds. The molecular formula is C17H26N2O. The number of nitrogens with zero attached hydrogens (tertiary/aromatic N) is 1. The van der Waals surface area contributed by atoms with Crippen molar-refractivity contribution in [1.29, 1.82) is 0 Å². The molecule has 1 fully saturated rings. The zero-order valence-corrected chi connectivity index (χ0v) is 12.8. The van der Waals surface area contributed by atoms with Gasteiger partial charge in [0.15, 0.2) is 0 Å². The van der Waals surface area contributed by atoms with Crippen LogP contribution < -0.4 is 5.32 Å². The molecule has 3 atom stereocenters. The highest BCUT2D eigenvalue weighted by Gasteiger charge is 2.26. The Morgan fingerprint density at radius 2 is 1.85 bits per heavy atom. The second-order valence-electron chi connectivity index (χ2n) is 6.00. The number of hydrogen-bond donors (Lipinski definition) is 1. The molecule has 2 rings (SSSR count). The van der Waals surface area contributed by atoms with Crippen molar-refractivity contribution in [3.63, 3.8) is 0 Å². The van der Waals surface area contributed by atoms with Crippen LogP contribution in [0.25, 0.3) is 0 Å². The molecule has 0 radical (unpaired) electrons. The standard InChI is InChI=1S/C17H26N2O/c1-13-8-7-9-14(2)19(13)12-17(20)18-15(3)16-10-5-4-6-11-16/h4-6,10-11,13-15H,7-9,12H2,1-3H3,(H,18,20). The third kappa shape index (κ3) is 3.83. The summed E-state index contributed by atoms with van der Waals surface area (Å²) in [6.07, 6.45) is 3.68. The van der Waals surface area contributed by atoms with Crippen molar-refractivity contribution in [3.05, 3.63) is 35.9 Å². The van der Waals surface area contributed by atoms with Crippen molar-refractivity contribution in [1.82, 2.24) is 10.2 Å². The Bertz CT molecular complexity index is 422. The molecule has 0 saturated carbocycles. The minimum absolute atomic E-state index is 0.0686. The van der Waals surface area contributed by atoms with Gasteiger partial charge in [-0.3, -0.25) is 9.69 Å². The molecule has 20 heavy (non-hydrogen) atoms. The number of carbonyl (C=O) groups excluding carboxylic acids is 1. The number of carbonyl (C=O) groups is 1. The van der Waals surface area contributed by atoms with Gasteiger partial charge in [0.05, 0.1) is 12.6 Å². The van der Waals surface area contributed by atoms with Gasteiger partial charge in [-0.15, -0.1) is 0 Å². The van der Waals surface area contributed by atoms with Crippen molar-refractivity contribution in [2.45, 2.75) is 58.2 Å². The molecule has 1 aliphatic heterocycles. The van der Waals surface area contributed by atoms with E-state index in [1.807, 2.05) is 25.1 Å². The van der Waals surface area contributed by atoms with Crippen LogP contribution >= 0.6 is 0 Å². The summed E-state index contributed by atoms with van der Waals surface area (Å²) in [7, 11) is 0. The topological polar surface area (TPSA) is 32.3 Å². The van der Waals surface area contributed by atoms with Crippen molar-refractivity contribution in [3.8, 4) is 0 Å². The zero-order valence-electron chi connectivity index (χ0n) is 12.8. The monoisotopic (exact) mass is 274 g/mol. The van der Waals surface area contributed by atoms with Crippen molar-refractivity contribution < 1.29 is 4.79 Å². The van der Waals surface area contributed by atoms with Crippen molar-refractivity contribution in [2.75, 3.05) is 6.54 Å². The van der Waals surface area contributed by atoms with Crippen LogP contribution in [-0.4, -0.2) is 29.4 Å². The summed E-state index contributed by atoms with van der Waals surface area (Å²) >= 11 is 0. The Morgan fingerprint density at radius 1 is 1.25 bits per heavy atom. The second-order valence-corrected chi connectivity index (χ2v) is 6.00. The Labute approximate surface area is 122 Å². The molecule has 1 heterocycles. The van der Waals surface area contributed by atoms with E-state index in [0.29, 0.717) is 18.6 Å². The predicted octanol–water partition coefficient (Wildman–Crippen LogP) is 3.13. The lowest BCUT2D eigenvalue weighted by molar-refractivity contribution is -0.124. The Morgan fingerprint density at radius 3 is 2.45 bits per heavy atom. The van der Waals surface area contributed by atoms with Crippen LogP contribution in [0.4, 0.5) is 0 Å². The van der Waals surface area contributed by atoms with Crippen LogP contribution in [0.2, 0.25) is 0 Å². The van der Waals surface area contributed by atoms with Crippen LogP contribution in [0.5, 0.6) is 0 Å². The molecule has 0 bridgehead atoms. The number of hydrogen-bond acceptors (Lipinski definition) is 2. The normalized spacial score (nSPS) is 25.1. The predicted molar refractivity (Wildman–Crippen MR) is 82.5 cm³/mol. The van der Waals surface area contributed by atoms with Crippen LogP contribution in [0.3, 0.4) is 0 Å². The van der Waals surface area contributed by atoms with Gasteiger partial charge in [0.1, 0.15) is 0 Å². The van der Waals surface area contributed by atoms with Gasteiger partial charge in [-0.2, -0.15) is 0 Å². The fourth-order valence-electron chi connectivity index (χ4n) is 3.06.